The molecule has 0 radical (unpaired) electrons. The van der Waals surface area contributed by atoms with Crippen LogP contribution in [0, 0.1) is 21.0 Å². The molecule has 0 aromatic heterocycles. The molecule has 0 spiro atoms. The minimum atomic E-state index is -0.0772. The molecule has 2 aromatic rings. The highest BCUT2D eigenvalue weighted by Gasteiger charge is 2.17. The van der Waals surface area contributed by atoms with E-state index in [0.717, 1.165) is 5.02 Å². The molecule has 0 bridgehead atoms. The monoisotopic (exact) mass is 343 g/mol. The fourth-order valence-corrected chi connectivity index (χ4v) is 3.97. The standard InChI is InChI=1S/C14H13ClI/c1-10-3-8-14(11(2)9-10)16-13-6-4-12(15)5-7-13/h3-9H,1-2H3/q+1. The van der Waals surface area contributed by atoms with Gasteiger partial charge in [-0.2, -0.15) is 0 Å². The van der Waals surface area contributed by atoms with Crippen LogP contribution in [0.25, 0.3) is 0 Å². The Bertz CT molecular complexity index is 489. The van der Waals surface area contributed by atoms with E-state index in [-0.39, 0.29) is 21.2 Å². The Kier molecular flexibility index (Phi) is 3.87. The first-order valence-corrected chi connectivity index (χ1v) is 7.66. The van der Waals surface area contributed by atoms with Crippen LogP contribution in [0.5, 0.6) is 0 Å². The number of rotatable bonds is 2. The Morgan fingerprint density at radius 1 is 0.938 bits per heavy atom. The van der Waals surface area contributed by atoms with E-state index in [2.05, 4.69) is 44.2 Å². The number of hydrogen-bond acceptors (Lipinski definition) is 0. The maximum absolute atomic E-state index is 5.88. The van der Waals surface area contributed by atoms with E-state index >= 15 is 0 Å². The third kappa shape index (κ3) is 2.98. The van der Waals surface area contributed by atoms with Crippen LogP contribution < -0.4 is 21.2 Å². The summed E-state index contributed by atoms with van der Waals surface area (Å²) in [6.45, 7) is 4.33. The first-order chi connectivity index (χ1) is 7.65. The zero-order chi connectivity index (χ0) is 11.5. The molecule has 0 saturated carbocycles. The van der Waals surface area contributed by atoms with Gasteiger partial charge in [0.15, 0.2) is 7.14 Å². The lowest BCUT2D eigenvalue weighted by Gasteiger charge is -1.95. The maximum Gasteiger partial charge on any atom is 0.358 e. The predicted octanol–water partition coefficient (Wildman–Crippen LogP) is 1.09. The summed E-state index contributed by atoms with van der Waals surface area (Å²) in [6, 6.07) is 14.9. The van der Waals surface area contributed by atoms with Gasteiger partial charge in [0.25, 0.3) is 0 Å². The lowest BCUT2D eigenvalue weighted by molar-refractivity contribution is -0.598. The van der Waals surface area contributed by atoms with Crippen molar-refractivity contribution in [1.29, 1.82) is 0 Å². The molecule has 0 unspecified atom stereocenters. The van der Waals surface area contributed by atoms with Gasteiger partial charge in [-0.25, -0.2) is 0 Å². The lowest BCUT2D eigenvalue weighted by Crippen LogP contribution is -3.61. The van der Waals surface area contributed by atoms with Crippen LogP contribution in [0.4, 0.5) is 0 Å². The van der Waals surface area contributed by atoms with Crippen molar-refractivity contribution in [3.63, 3.8) is 0 Å². The minimum Gasteiger partial charge on any atom is -0.0843 e. The van der Waals surface area contributed by atoms with Crippen LogP contribution in [0.15, 0.2) is 42.5 Å². The summed E-state index contributed by atoms with van der Waals surface area (Å²) in [4.78, 5) is 0. The fourth-order valence-electron chi connectivity index (χ4n) is 1.51. The second-order valence-electron chi connectivity index (χ2n) is 3.78. The molecule has 82 valence electrons. The molecular weight excluding hydrogens is 331 g/mol. The van der Waals surface area contributed by atoms with E-state index in [1.807, 2.05) is 12.1 Å². The van der Waals surface area contributed by atoms with Crippen molar-refractivity contribution in [2.24, 2.45) is 0 Å². The first-order valence-electron chi connectivity index (χ1n) is 5.13. The van der Waals surface area contributed by atoms with Crippen LogP contribution in [-0.2, 0) is 0 Å². The normalized spacial score (nSPS) is 10.4. The minimum absolute atomic E-state index is 0.0772. The van der Waals surface area contributed by atoms with E-state index in [1.54, 1.807) is 0 Å². The lowest BCUT2D eigenvalue weighted by atomic mass is 10.2. The summed E-state index contributed by atoms with van der Waals surface area (Å²) in [5.41, 5.74) is 2.74. The van der Waals surface area contributed by atoms with Gasteiger partial charge in [-0.3, -0.25) is 0 Å². The SMILES string of the molecule is Cc1ccc([I+]c2ccc(Cl)cc2)c(C)c1. The molecule has 0 aliphatic carbocycles. The van der Waals surface area contributed by atoms with Crippen molar-refractivity contribution < 1.29 is 21.2 Å². The largest absolute Gasteiger partial charge is 0.358 e. The highest BCUT2D eigenvalue weighted by Crippen LogP contribution is 2.05. The molecule has 0 nitrogen and oxygen atoms in total. The van der Waals surface area contributed by atoms with Crippen LogP contribution in [-0.4, -0.2) is 0 Å². The van der Waals surface area contributed by atoms with Crippen LogP contribution in [0.2, 0.25) is 5.02 Å². The van der Waals surface area contributed by atoms with Gasteiger partial charge in [0, 0.05) is 10.6 Å². The summed E-state index contributed by atoms with van der Waals surface area (Å²) < 4.78 is 2.90. The van der Waals surface area contributed by atoms with E-state index < -0.39 is 0 Å². The van der Waals surface area contributed by atoms with Crippen molar-refractivity contribution in [1.82, 2.24) is 0 Å². The predicted molar refractivity (Wildman–Crippen MR) is 64.8 cm³/mol. The molecule has 16 heavy (non-hydrogen) atoms. The molecule has 0 saturated heterocycles. The van der Waals surface area contributed by atoms with Crippen molar-refractivity contribution in [2.75, 3.05) is 0 Å². The van der Waals surface area contributed by atoms with E-state index in [1.165, 1.54) is 18.3 Å². The summed E-state index contributed by atoms with van der Waals surface area (Å²) >= 11 is 5.80. The van der Waals surface area contributed by atoms with Gasteiger partial charge < -0.3 is 0 Å². The Morgan fingerprint density at radius 2 is 1.62 bits per heavy atom. The maximum atomic E-state index is 5.88. The molecule has 0 heterocycles. The van der Waals surface area contributed by atoms with Crippen LogP contribution in [0.1, 0.15) is 11.1 Å². The molecular formula is C14H13ClI+. The topological polar surface area (TPSA) is 0 Å². The highest BCUT2D eigenvalue weighted by molar-refractivity contribution is 6.30. The van der Waals surface area contributed by atoms with E-state index in [0.29, 0.717) is 0 Å². The van der Waals surface area contributed by atoms with E-state index in [9.17, 15) is 0 Å². The van der Waals surface area contributed by atoms with Crippen LogP contribution in [0.3, 0.4) is 0 Å². The zero-order valence-corrected chi connectivity index (χ0v) is 12.2. The molecule has 0 aliphatic rings. The summed E-state index contributed by atoms with van der Waals surface area (Å²) in [7, 11) is 0. The molecule has 0 fully saturated rings. The van der Waals surface area contributed by atoms with Gasteiger partial charge in [-0.15, -0.1) is 0 Å². The molecule has 2 heteroatoms. The average molecular weight is 344 g/mol. The Hall–Kier alpha value is -0.540. The Labute approximate surface area is 112 Å². The third-order valence-corrected chi connectivity index (χ3v) is 5.71. The van der Waals surface area contributed by atoms with Crippen molar-refractivity contribution in [2.45, 2.75) is 13.8 Å². The molecule has 0 amide bonds. The van der Waals surface area contributed by atoms with Gasteiger partial charge in [-0.1, -0.05) is 29.3 Å². The summed E-state index contributed by atoms with van der Waals surface area (Å²) in [6.07, 6.45) is 0. The van der Waals surface area contributed by atoms with Crippen molar-refractivity contribution in [3.8, 4) is 0 Å². The average Bonchev–Trinajstić information content (AvgIpc) is 2.25. The van der Waals surface area contributed by atoms with Gasteiger partial charge in [-0.05, 0) is 44.2 Å². The molecule has 0 N–H and O–H groups in total. The molecule has 2 rings (SSSR count). The van der Waals surface area contributed by atoms with Gasteiger partial charge in [0.2, 0.25) is 0 Å². The second kappa shape index (κ2) is 5.19. The number of hydrogen-bond donors (Lipinski definition) is 0. The van der Waals surface area contributed by atoms with Gasteiger partial charge in [0.05, 0.1) is 0 Å². The molecule has 2 aromatic carbocycles. The Balaban J connectivity index is 2.23. The number of halogens is 2. The second-order valence-corrected chi connectivity index (χ2v) is 7.17. The van der Waals surface area contributed by atoms with Crippen molar-refractivity contribution in [3.05, 3.63) is 65.8 Å². The third-order valence-electron chi connectivity index (χ3n) is 2.33. The quantitative estimate of drug-likeness (QED) is 0.716. The Morgan fingerprint density at radius 3 is 2.25 bits per heavy atom. The number of benzene rings is 2. The van der Waals surface area contributed by atoms with Gasteiger partial charge >= 0.3 is 21.2 Å². The van der Waals surface area contributed by atoms with Crippen molar-refractivity contribution >= 4 is 11.6 Å². The zero-order valence-electron chi connectivity index (χ0n) is 9.30. The smallest absolute Gasteiger partial charge is 0.0843 e. The first kappa shape index (κ1) is 11.9. The molecule has 0 atom stereocenters. The highest BCUT2D eigenvalue weighted by atomic mass is 127. The molecule has 0 aliphatic heterocycles. The van der Waals surface area contributed by atoms with Crippen LogP contribution >= 0.6 is 11.6 Å². The number of aryl methyl sites for hydroxylation is 2. The summed E-state index contributed by atoms with van der Waals surface area (Å²) in [5, 5.41) is 0.813. The summed E-state index contributed by atoms with van der Waals surface area (Å²) in [5.74, 6) is 0. The fraction of sp³-hybridized carbons (Fsp3) is 0.143. The van der Waals surface area contributed by atoms with E-state index in [4.69, 9.17) is 11.6 Å². The van der Waals surface area contributed by atoms with Gasteiger partial charge in [0.1, 0.15) is 0 Å².